The molecule has 0 radical (unpaired) electrons. The molecule has 0 spiro atoms. The first-order chi connectivity index (χ1) is 18.6. The van der Waals surface area contributed by atoms with E-state index in [-0.39, 0.29) is 0 Å². The minimum Gasteiger partial charge on any atom is -0.497 e. The number of unbranched alkanes of at least 4 members (excludes halogenated alkanes) is 10. The third-order valence-electron chi connectivity index (χ3n) is 7.19. The number of ether oxygens (including phenoxy) is 2. The SMILES string of the molecule is CCCCCCCCc1cc(OC)ccc1COB(O)OCc1ccc(OC)cc1CCCCCCCC. The minimum absolute atomic E-state index is 0.295. The summed E-state index contributed by atoms with van der Waals surface area (Å²) in [5.74, 6) is 1.70. The van der Waals surface area contributed by atoms with Crippen LogP contribution in [0.5, 0.6) is 11.5 Å². The topological polar surface area (TPSA) is 57.2 Å². The van der Waals surface area contributed by atoms with E-state index in [1.54, 1.807) is 14.2 Å². The average Bonchev–Trinajstić information content (AvgIpc) is 2.94. The molecule has 0 atom stereocenters. The van der Waals surface area contributed by atoms with Gasteiger partial charge in [0.1, 0.15) is 11.5 Å². The summed E-state index contributed by atoms with van der Waals surface area (Å²) in [5, 5.41) is 10.5. The highest BCUT2D eigenvalue weighted by molar-refractivity contribution is 6.34. The van der Waals surface area contributed by atoms with Crippen LogP contribution in [0.4, 0.5) is 0 Å². The molecule has 2 aromatic rings. The van der Waals surface area contributed by atoms with E-state index in [0.717, 1.165) is 48.3 Å². The van der Waals surface area contributed by atoms with Crippen LogP contribution in [0.25, 0.3) is 0 Å². The largest absolute Gasteiger partial charge is 0.637 e. The third-order valence-corrected chi connectivity index (χ3v) is 7.19. The summed E-state index contributed by atoms with van der Waals surface area (Å²) in [5.41, 5.74) is 4.55. The van der Waals surface area contributed by atoms with Crippen LogP contribution in [-0.2, 0) is 35.4 Å². The molecule has 0 bridgehead atoms. The summed E-state index contributed by atoms with van der Waals surface area (Å²) in [6.45, 7) is 5.08. The molecular formula is C32H51BO5. The maximum Gasteiger partial charge on any atom is 0.637 e. The van der Waals surface area contributed by atoms with Gasteiger partial charge in [-0.1, -0.05) is 90.2 Å². The Morgan fingerprint density at radius 3 is 1.34 bits per heavy atom. The van der Waals surface area contributed by atoms with E-state index in [0.29, 0.717) is 13.2 Å². The predicted octanol–water partition coefficient (Wildman–Crippen LogP) is 8.22. The van der Waals surface area contributed by atoms with Crippen molar-refractivity contribution in [2.75, 3.05) is 14.2 Å². The van der Waals surface area contributed by atoms with Gasteiger partial charge >= 0.3 is 7.32 Å². The Bertz CT molecular complexity index is 817. The Labute approximate surface area is 232 Å². The lowest BCUT2D eigenvalue weighted by Crippen LogP contribution is -2.23. The Hall–Kier alpha value is -2.02. The molecule has 0 heterocycles. The monoisotopic (exact) mass is 526 g/mol. The van der Waals surface area contributed by atoms with Gasteiger partial charge in [-0.2, -0.15) is 0 Å². The van der Waals surface area contributed by atoms with Gasteiger partial charge in [-0.15, -0.1) is 0 Å². The highest BCUT2D eigenvalue weighted by Crippen LogP contribution is 2.23. The summed E-state index contributed by atoms with van der Waals surface area (Å²) in [6, 6.07) is 12.1. The highest BCUT2D eigenvalue weighted by atomic mass is 16.7. The fourth-order valence-corrected chi connectivity index (χ4v) is 4.77. The maximum absolute atomic E-state index is 10.5. The van der Waals surface area contributed by atoms with E-state index in [4.69, 9.17) is 18.8 Å². The molecule has 0 fully saturated rings. The van der Waals surface area contributed by atoms with Crippen LogP contribution in [0.1, 0.15) is 113 Å². The minimum atomic E-state index is -1.29. The van der Waals surface area contributed by atoms with Gasteiger partial charge in [0, 0.05) is 0 Å². The zero-order chi connectivity index (χ0) is 27.4. The predicted molar refractivity (Wildman–Crippen MR) is 158 cm³/mol. The second-order valence-electron chi connectivity index (χ2n) is 10.2. The Kier molecular flexibility index (Phi) is 16.9. The quantitative estimate of drug-likeness (QED) is 0.124. The standard InChI is InChI=1S/C32H51BO5/c1-5-7-9-11-13-15-17-27-23-31(35-3)21-19-29(27)25-37-33(34)38-26-30-20-22-32(36-4)24-28(30)18-16-14-12-10-8-6-2/h19-24,34H,5-18,25-26H2,1-4H3. The van der Waals surface area contributed by atoms with Gasteiger partial charge in [-0.3, -0.25) is 0 Å². The fourth-order valence-electron chi connectivity index (χ4n) is 4.77. The van der Waals surface area contributed by atoms with E-state index in [9.17, 15) is 5.02 Å². The Balaban J connectivity index is 1.87. The second-order valence-corrected chi connectivity index (χ2v) is 10.2. The molecule has 0 amide bonds. The fraction of sp³-hybridized carbons (Fsp3) is 0.625. The van der Waals surface area contributed by atoms with Gasteiger partial charge in [0.25, 0.3) is 0 Å². The molecule has 0 aliphatic heterocycles. The second kappa shape index (κ2) is 20.0. The lowest BCUT2D eigenvalue weighted by Gasteiger charge is -2.15. The van der Waals surface area contributed by atoms with E-state index in [1.807, 2.05) is 24.3 Å². The molecule has 2 rings (SSSR count). The van der Waals surface area contributed by atoms with Crippen LogP contribution in [0.2, 0.25) is 0 Å². The lowest BCUT2D eigenvalue weighted by molar-refractivity contribution is 0.119. The molecular weight excluding hydrogens is 475 g/mol. The zero-order valence-electron chi connectivity index (χ0n) is 24.4. The van der Waals surface area contributed by atoms with Crippen molar-refractivity contribution in [3.63, 3.8) is 0 Å². The number of hydrogen-bond donors (Lipinski definition) is 1. The van der Waals surface area contributed by atoms with Gasteiger partial charge in [0.2, 0.25) is 0 Å². The van der Waals surface area contributed by atoms with Gasteiger partial charge in [0.05, 0.1) is 27.4 Å². The van der Waals surface area contributed by atoms with Crippen molar-refractivity contribution in [3.05, 3.63) is 58.7 Å². The van der Waals surface area contributed by atoms with Gasteiger partial charge in [0.15, 0.2) is 0 Å². The molecule has 0 aliphatic rings. The third kappa shape index (κ3) is 12.7. The number of methoxy groups -OCH3 is 2. The first-order valence-corrected chi connectivity index (χ1v) is 14.8. The molecule has 6 heteroatoms. The Morgan fingerprint density at radius 1 is 0.553 bits per heavy atom. The number of aryl methyl sites for hydroxylation is 2. The first-order valence-electron chi connectivity index (χ1n) is 14.8. The molecule has 1 N–H and O–H groups in total. The van der Waals surface area contributed by atoms with Crippen molar-refractivity contribution in [2.45, 2.75) is 117 Å². The van der Waals surface area contributed by atoms with Crippen LogP contribution >= 0.6 is 0 Å². The summed E-state index contributed by atoms with van der Waals surface area (Å²) >= 11 is 0. The summed E-state index contributed by atoms with van der Waals surface area (Å²) in [7, 11) is 2.10. The molecule has 0 unspecified atom stereocenters. The van der Waals surface area contributed by atoms with Gasteiger partial charge < -0.3 is 23.8 Å². The highest BCUT2D eigenvalue weighted by Gasteiger charge is 2.18. The normalized spacial score (nSPS) is 11.1. The summed E-state index contributed by atoms with van der Waals surface area (Å²) < 4.78 is 22.3. The van der Waals surface area contributed by atoms with Crippen LogP contribution in [-0.4, -0.2) is 26.6 Å². The number of rotatable bonds is 22. The van der Waals surface area contributed by atoms with Crippen LogP contribution in [0.3, 0.4) is 0 Å². The van der Waals surface area contributed by atoms with Crippen molar-refractivity contribution >= 4 is 7.32 Å². The molecule has 212 valence electrons. The van der Waals surface area contributed by atoms with Crippen LogP contribution in [0, 0.1) is 0 Å². The number of benzene rings is 2. The van der Waals surface area contributed by atoms with Crippen molar-refractivity contribution in [3.8, 4) is 11.5 Å². The molecule has 0 aliphatic carbocycles. The van der Waals surface area contributed by atoms with Gasteiger partial charge in [-0.25, -0.2) is 0 Å². The first kappa shape index (κ1) is 32.2. The molecule has 2 aromatic carbocycles. The zero-order valence-corrected chi connectivity index (χ0v) is 24.4. The van der Waals surface area contributed by atoms with Crippen molar-refractivity contribution in [1.82, 2.24) is 0 Å². The van der Waals surface area contributed by atoms with E-state index in [2.05, 4.69) is 26.0 Å². The Morgan fingerprint density at radius 2 is 0.947 bits per heavy atom. The summed E-state index contributed by atoms with van der Waals surface area (Å²) in [4.78, 5) is 0. The van der Waals surface area contributed by atoms with Crippen molar-refractivity contribution in [1.29, 1.82) is 0 Å². The van der Waals surface area contributed by atoms with Gasteiger partial charge in [-0.05, 0) is 72.2 Å². The maximum atomic E-state index is 10.5. The van der Waals surface area contributed by atoms with Crippen molar-refractivity contribution in [2.24, 2.45) is 0 Å². The molecule has 0 saturated heterocycles. The van der Waals surface area contributed by atoms with E-state index < -0.39 is 7.32 Å². The molecule has 0 saturated carbocycles. The molecule has 5 nitrogen and oxygen atoms in total. The van der Waals surface area contributed by atoms with E-state index in [1.165, 1.54) is 75.3 Å². The molecule has 0 aromatic heterocycles. The smallest absolute Gasteiger partial charge is 0.497 e. The lowest BCUT2D eigenvalue weighted by atomic mass is 9.99. The van der Waals surface area contributed by atoms with Crippen molar-refractivity contribution < 1.29 is 23.8 Å². The molecule has 38 heavy (non-hydrogen) atoms. The van der Waals surface area contributed by atoms with Crippen LogP contribution < -0.4 is 9.47 Å². The number of hydrogen-bond acceptors (Lipinski definition) is 5. The van der Waals surface area contributed by atoms with Crippen LogP contribution in [0.15, 0.2) is 36.4 Å². The van der Waals surface area contributed by atoms with E-state index >= 15 is 0 Å². The summed E-state index contributed by atoms with van der Waals surface area (Å²) in [6.07, 6.45) is 17.0. The average molecular weight is 527 g/mol.